The van der Waals surface area contributed by atoms with E-state index in [1.54, 1.807) is 7.11 Å². The summed E-state index contributed by atoms with van der Waals surface area (Å²) in [5.41, 5.74) is 1.22. The second-order valence-electron chi connectivity index (χ2n) is 4.34. The van der Waals surface area contributed by atoms with Crippen molar-refractivity contribution in [3.8, 4) is 0 Å². The Bertz CT molecular complexity index is 287. The summed E-state index contributed by atoms with van der Waals surface area (Å²) in [6.45, 7) is 4.99. The maximum absolute atomic E-state index is 5.56. The van der Waals surface area contributed by atoms with Crippen LogP contribution in [0.1, 0.15) is 25.3 Å². The van der Waals surface area contributed by atoms with Crippen LogP contribution in [0.4, 0.5) is 0 Å². The van der Waals surface area contributed by atoms with Gasteiger partial charge in [0.1, 0.15) is 0 Å². The molecule has 1 rings (SSSR count). The Morgan fingerprint density at radius 2 is 1.72 bits per heavy atom. The van der Waals surface area contributed by atoms with E-state index in [0.29, 0.717) is 6.61 Å². The molecule has 0 saturated carbocycles. The van der Waals surface area contributed by atoms with Crippen LogP contribution in [0.25, 0.3) is 0 Å². The van der Waals surface area contributed by atoms with Crippen LogP contribution in [-0.4, -0.2) is 33.0 Å². The predicted molar refractivity (Wildman–Crippen MR) is 72.6 cm³/mol. The molecule has 1 aromatic carbocycles. The van der Waals surface area contributed by atoms with Gasteiger partial charge < -0.3 is 14.2 Å². The van der Waals surface area contributed by atoms with Gasteiger partial charge in [-0.25, -0.2) is 0 Å². The first-order valence-corrected chi connectivity index (χ1v) is 6.55. The highest BCUT2D eigenvalue weighted by molar-refractivity contribution is 5.13. The summed E-state index contributed by atoms with van der Waals surface area (Å²) in [4.78, 5) is 0. The van der Waals surface area contributed by atoms with Crippen LogP contribution in [-0.2, 0) is 20.8 Å². The van der Waals surface area contributed by atoms with Crippen molar-refractivity contribution in [3.05, 3.63) is 35.9 Å². The molecule has 3 heteroatoms. The maximum atomic E-state index is 5.56. The number of benzene rings is 1. The smallest absolute Gasteiger partial charge is 0.0716 e. The molecular formula is C15H24O3. The highest BCUT2D eigenvalue weighted by Crippen LogP contribution is 2.01. The standard InChI is InChI=1S/C15H24O3/c1-14(16-2)9-12-17-10-6-11-18-13-15-7-4-3-5-8-15/h3-5,7-8,14H,6,9-13H2,1-2H3/t14-/m0/s1. The van der Waals surface area contributed by atoms with E-state index < -0.39 is 0 Å². The molecule has 0 N–H and O–H groups in total. The molecule has 0 aliphatic heterocycles. The van der Waals surface area contributed by atoms with Crippen LogP contribution < -0.4 is 0 Å². The zero-order valence-corrected chi connectivity index (χ0v) is 11.4. The van der Waals surface area contributed by atoms with E-state index in [2.05, 4.69) is 12.1 Å². The zero-order chi connectivity index (χ0) is 13.1. The minimum atomic E-state index is 0.277. The van der Waals surface area contributed by atoms with Gasteiger partial charge in [0.15, 0.2) is 0 Å². The van der Waals surface area contributed by atoms with Crippen molar-refractivity contribution in [2.45, 2.75) is 32.5 Å². The van der Waals surface area contributed by atoms with Gasteiger partial charge >= 0.3 is 0 Å². The third-order valence-corrected chi connectivity index (χ3v) is 2.76. The van der Waals surface area contributed by atoms with Crippen molar-refractivity contribution >= 4 is 0 Å². The molecule has 0 heterocycles. The third-order valence-electron chi connectivity index (χ3n) is 2.76. The average Bonchev–Trinajstić information content (AvgIpc) is 2.42. The molecule has 0 aliphatic rings. The van der Waals surface area contributed by atoms with Gasteiger partial charge in [-0.1, -0.05) is 30.3 Å². The first-order chi connectivity index (χ1) is 8.83. The van der Waals surface area contributed by atoms with E-state index in [9.17, 15) is 0 Å². The number of rotatable bonds is 10. The van der Waals surface area contributed by atoms with Crippen molar-refractivity contribution in [3.63, 3.8) is 0 Å². The second-order valence-corrected chi connectivity index (χ2v) is 4.34. The molecule has 3 nitrogen and oxygen atoms in total. The molecule has 0 radical (unpaired) electrons. The number of hydrogen-bond donors (Lipinski definition) is 0. The summed E-state index contributed by atoms with van der Waals surface area (Å²) in [5.74, 6) is 0. The van der Waals surface area contributed by atoms with E-state index in [0.717, 1.165) is 32.7 Å². The highest BCUT2D eigenvalue weighted by atomic mass is 16.5. The minimum absolute atomic E-state index is 0.277. The predicted octanol–water partition coefficient (Wildman–Crippen LogP) is 3.03. The van der Waals surface area contributed by atoms with Gasteiger partial charge in [0, 0.05) is 26.9 Å². The van der Waals surface area contributed by atoms with E-state index in [1.807, 2.05) is 25.1 Å². The lowest BCUT2D eigenvalue weighted by molar-refractivity contribution is 0.0467. The summed E-state index contributed by atoms with van der Waals surface area (Å²) in [5, 5.41) is 0. The average molecular weight is 252 g/mol. The fourth-order valence-electron chi connectivity index (χ4n) is 1.50. The molecule has 0 amide bonds. The zero-order valence-electron chi connectivity index (χ0n) is 11.4. The van der Waals surface area contributed by atoms with Crippen LogP contribution in [0.3, 0.4) is 0 Å². The van der Waals surface area contributed by atoms with E-state index >= 15 is 0 Å². The lowest BCUT2D eigenvalue weighted by Crippen LogP contribution is -2.10. The van der Waals surface area contributed by atoms with Crippen LogP contribution in [0.15, 0.2) is 30.3 Å². The summed E-state index contributed by atoms with van der Waals surface area (Å²) in [7, 11) is 1.72. The summed E-state index contributed by atoms with van der Waals surface area (Å²) in [6, 6.07) is 10.2. The maximum Gasteiger partial charge on any atom is 0.0716 e. The van der Waals surface area contributed by atoms with E-state index in [4.69, 9.17) is 14.2 Å². The lowest BCUT2D eigenvalue weighted by atomic mass is 10.2. The van der Waals surface area contributed by atoms with Crippen molar-refractivity contribution in [2.75, 3.05) is 26.9 Å². The van der Waals surface area contributed by atoms with E-state index in [1.165, 1.54) is 5.56 Å². The Morgan fingerprint density at radius 1 is 1.00 bits per heavy atom. The molecule has 102 valence electrons. The number of hydrogen-bond acceptors (Lipinski definition) is 3. The monoisotopic (exact) mass is 252 g/mol. The molecule has 0 aliphatic carbocycles. The van der Waals surface area contributed by atoms with Crippen molar-refractivity contribution in [1.29, 1.82) is 0 Å². The minimum Gasteiger partial charge on any atom is -0.382 e. The normalized spacial score (nSPS) is 12.6. The van der Waals surface area contributed by atoms with Crippen LogP contribution in [0, 0.1) is 0 Å². The van der Waals surface area contributed by atoms with Gasteiger partial charge in [-0.15, -0.1) is 0 Å². The Labute approximate surface area is 110 Å². The highest BCUT2D eigenvalue weighted by Gasteiger charge is 1.98. The SMILES string of the molecule is CO[C@@H](C)CCOCCCOCc1ccccc1. The van der Waals surface area contributed by atoms with Crippen molar-refractivity contribution < 1.29 is 14.2 Å². The molecular weight excluding hydrogens is 228 g/mol. The molecule has 0 bridgehead atoms. The molecule has 1 aromatic rings. The Hall–Kier alpha value is -0.900. The summed E-state index contributed by atoms with van der Waals surface area (Å²) in [6.07, 6.45) is 2.16. The van der Waals surface area contributed by atoms with Gasteiger partial charge in [-0.3, -0.25) is 0 Å². The summed E-state index contributed by atoms with van der Waals surface area (Å²) < 4.78 is 16.2. The second kappa shape index (κ2) is 10.1. The fraction of sp³-hybridized carbons (Fsp3) is 0.600. The fourth-order valence-corrected chi connectivity index (χ4v) is 1.50. The van der Waals surface area contributed by atoms with Crippen molar-refractivity contribution in [2.24, 2.45) is 0 Å². The molecule has 0 unspecified atom stereocenters. The van der Waals surface area contributed by atoms with Crippen molar-refractivity contribution in [1.82, 2.24) is 0 Å². The van der Waals surface area contributed by atoms with Crippen LogP contribution >= 0.6 is 0 Å². The number of ether oxygens (including phenoxy) is 3. The molecule has 0 saturated heterocycles. The Kier molecular flexibility index (Phi) is 8.47. The van der Waals surface area contributed by atoms with Crippen LogP contribution in [0.2, 0.25) is 0 Å². The molecule has 0 fully saturated rings. The van der Waals surface area contributed by atoms with Gasteiger partial charge in [-0.2, -0.15) is 0 Å². The van der Waals surface area contributed by atoms with Gasteiger partial charge in [0.05, 0.1) is 12.7 Å². The Balaban J connectivity index is 1.87. The third kappa shape index (κ3) is 7.43. The largest absolute Gasteiger partial charge is 0.382 e. The first-order valence-electron chi connectivity index (χ1n) is 6.55. The van der Waals surface area contributed by atoms with Crippen LogP contribution in [0.5, 0.6) is 0 Å². The Morgan fingerprint density at radius 3 is 2.44 bits per heavy atom. The molecule has 18 heavy (non-hydrogen) atoms. The molecule has 0 spiro atoms. The van der Waals surface area contributed by atoms with Gasteiger partial charge in [0.2, 0.25) is 0 Å². The lowest BCUT2D eigenvalue weighted by Gasteiger charge is -2.09. The topological polar surface area (TPSA) is 27.7 Å². The van der Waals surface area contributed by atoms with E-state index in [-0.39, 0.29) is 6.10 Å². The number of methoxy groups -OCH3 is 1. The molecule has 0 aromatic heterocycles. The van der Waals surface area contributed by atoms with Gasteiger partial charge in [-0.05, 0) is 25.3 Å². The molecule has 1 atom stereocenters. The quantitative estimate of drug-likeness (QED) is 0.599. The van der Waals surface area contributed by atoms with Gasteiger partial charge in [0.25, 0.3) is 0 Å². The first kappa shape index (κ1) is 15.2. The summed E-state index contributed by atoms with van der Waals surface area (Å²) >= 11 is 0.